The number of amides is 1. The third-order valence-corrected chi connectivity index (χ3v) is 4.48. The minimum Gasteiger partial charge on any atom is -0.492 e. The Labute approximate surface area is 191 Å². The molecule has 6 nitrogen and oxygen atoms in total. The Morgan fingerprint density at radius 3 is 2.67 bits per heavy atom. The molecule has 0 radical (unpaired) electrons. The van der Waals surface area contributed by atoms with Crippen molar-refractivity contribution in [3.63, 3.8) is 0 Å². The zero-order valence-corrected chi connectivity index (χ0v) is 19.8. The molecule has 0 aliphatic rings. The molecule has 0 fully saturated rings. The predicted octanol–water partition coefficient (Wildman–Crippen LogP) is 5.03. The fourth-order valence-electron chi connectivity index (χ4n) is 2.42. The van der Waals surface area contributed by atoms with Crippen molar-refractivity contribution < 1.29 is 19.0 Å². The summed E-state index contributed by atoms with van der Waals surface area (Å²) >= 11 is 8.70. The number of nitrogens with one attached hydrogen (secondary N) is 2. The molecule has 0 aliphatic heterocycles. The monoisotopic (exact) mass is 494 g/mol. The van der Waals surface area contributed by atoms with E-state index in [0.717, 1.165) is 4.47 Å². The molecule has 1 amide bonds. The lowest BCUT2D eigenvalue weighted by Crippen LogP contribution is -2.34. The molecule has 2 rings (SSSR count). The predicted molar refractivity (Wildman–Crippen MR) is 127 cm³/mol. The highest BCUT2D eigenvalue weighted by atomic mass is 79.9. The maximum Gasteiger partial charge on any atom is 0.261 e. The standard InChI is InChI=1S/C22H27BrN2O4S/c1-4-27-10-11-28-18-7-5-6-17(13-18)24-22(30)25-21(26)19-12-16(23)8-9-20(19)29-14-15(2)3/h5-9,12-13,15H,4,10-11,14H2,1-3H3,(H2,24,25,26,30). The Morgan fingerprint density at radius 2 is 1.93 bits per heavy atom. The highest BCUT2D eigenvalue weighted by Gasteiger charge is 2.15. The maximum atomic E-state index is 12.8. The summed E-state index contributed by atoms with van der Waals surface area (Å²) in [6, 6.07) is 12.6. The highest BCUT2D eigenvalue weighted by molar-refractivity contribution is 9.10. The van der Waals surface area contributed by atoms with Crippen molar-refractivity contribution in [2.75, 3.05) is 31.7 Å². The van der Waals surface area contributed by atoms with Crippen molar-refractivity contribution in [2.24, 2.45) is 5.92 Å². The smallest absolute Gasteiger partial charge is 0.261 e. The first-order valence-corrected chi connectivity index (χ1v) is 10.9. The van der Waals surface area contributed by atoms with Gasteiger partial charge in [-0.25, -0.2) is 0 Å². The van der Waals surface area contributed by atoms with E-state index in [2.05, 4.69) is 26.6 Å². The minimum atomic E-state index is -0.350. The van der Waals surface area contributed by atoms with E-state index in [1.807, 2.05) is 45.0 Å². The number of benzene rings is 2. The number of hydrogen-bond donors (Lipinski definition) is 2. The van der Waals surface area contributed by atoms with Gasteiger partial charge in [0.1, 0.15) is 18.1 Å². The number of hydrogen-bond acceptors (Lipinski definition) is 5. The second-order valence-corrected chi connectivity index (χ2v) is 8.15. The summed E-state index contributed by atoms with van der Waals surface area (Å²) in [6.45, 7) is 8.19. The van der Waals surface area contributed by atoms with Gasteiger partial charge in [0.2, 0.25) is 0 Å². The van der Waals surface area contributed by atoms with Crippen molar-refractivity contribution in [1.29, 1.82) is 0 Å². The molecule has 0 unspecified atom stereocenters. The van der Waals surface area contributed by atoms with E-state index in [0.29, 0.717) is 55.1 Å². The van der Waals surface area contributed by atoms with E-state index >= 15 is 0 Å². The van der Waals surface area contributed by atoms with Crippen LogP contribution in [0.1, 0.15) is 31.1 Å². The van der Waals surface area contributed by atoms with Crippen molar-refractivity contribution >= 4 is 44.9 Å². The molecule has 162 valence electrons. The highest BCUT2D eigenvalue weighted by Crippen LogP contribution is 2.24. The van der Waals surface area contributed by atoms with Gasteiger partial charge in [-0.1, -0.05) is 35.8 Å². The first kappa shape index (κ1) is 24.1. The molecule has 2 aromatic carbocycles. The Morgan fingerprint density at radius 1 is 1.13 bits per heavy atom. The van der Waals surface area contributed by atoms with Gasteiger partial charge in [-0.15, -0.1) is 0 Å². The molecule has 0 heterocycles. The average molecular weight is 495 g/mol. The van der Waals surface area contributed by atoms with Crippen LogP contribution in [0, 0.1) is 5.92 Å². The Hall–Kier alpha value is -2.16. The molecule has 0 atom stereocenters. The second-order valence-electron chi connectivity index (χ2n) is 6.83. The number of anilines is 1. The lowest BCUT2D eigenvalue weighted by atomic mass is 10.2. The Kier molecular flexibility index (Phi) is 10.1. The molecule has 8 heteroatoms. The van der Waals surface area contributed by atoms with Crippen LogP contribution in [0.4, 0.5) is 5.69 Å². The van der Waals surface area contributed by atoms with Gasteiger partial charge < -0.3 is 19.5 Å². The van der Waals surface area contributed by atoms with Crippen LogP contribution in [0.2, 0.25) is 0 Å². The topological polar surface area (TPSA) is 68.8 Å². The summed E-state index contributed by atoms with van der Waals surface area (Å²) in [5, 5.41) is 5.89. The van der Waals surface area contributed by atoms with Gasteiger partial charge in [0, 0.05) is 22.8 Å². The number of ether oxygens (including phenoxy) is 3. The molecular formula is C22H27BrN2O4S. The van der Waals surface area contributed by atoms with Crippen molar-refractivity contribution in [3.8, 4) is 11.5 Å². The first-order valence-electron chi connectivity index (χ1n) is 9.74. The third-order valence-electron chi connectivity index (χ3n) is 3.78. The van der Waals surface area contributed by atoms with Gasteiger partial charge >= 0.3 is 0 Å². The molecule has 0 bridgehead atoms. The first-order chi connectivity index (χ1) is 14.4. The number of carbonyl (C=O) groups excluding carboxylic acids is 1. The van der Waals surface area contributed by atoms with E-state index in [4.69, 9.17) is 26.4 Å². The summed E-state index contributed by atoms with van der Waals surface area (Å²) in [5.41, 5.74) is 1.11. The maximum absolute atomic E-state index is 12.8. The number of carbonyl (C=O) groups is 1. The van der Waals surface area contributed by atoms with E-state index in [1.165, 1.54) is 0 Å². The summed E-state index contributed by atoms with van der Waals surface area (Å²) in [5.74, 6) is 1.19. The lowest BCUT2D eigenvalue weighted by molar-refractivity contribution is 0.0973. The molecular weight excluding hydrogens is 468 g/mol. The molecule has 0 aromatic heterocycles. The van der Waals surface area contributed by atoms with Gasteiger partial charge in [0.05, 0.1) is 18.8 Å². The number of thiocarbonyl (C=S) groups is 1. The van der Waals surface area contributed by atoms with E-state index in [9.17, 15) is 4.79 Å². The SMILES string of the molecule is CCOCCOc1cccc(NC(=S)NC(=O)c2cc(Br)ccc2OCC(C)C)c1. The zero-order valence-electron chi connectivity index (χ0n) is 17.4. The van der Waals surface area contributed by atoms with Gasteiger partial charge in [0.25, 0.3) is 5.91 Å². The van der Waals surface area contributed by atoms with Gasteiger partial charge in [-0.2, -0.15) is 0 Å². The minimum absolute atomic E-state index is 0.182. The molecule has 2 N–H and O–H groups in total. The van der Waals surface area contributed by atoms with Crippen LogP contribution in [0.5, 0.6) is 11.5 Å². The lowest BCUT2D eigenvalue weighted by Gasteiger charge is -2.15. The summed E-state index contributed by atoms with van der Waals surface area (Å²) < 4.78 is 17.5. The molecule has 30 heavy (non-hydrogen) atoms. The summed E-state index contributed by atoms with van der Waals surface area (Å²) in [7, 11) is 0. The van der Waals surface area contributed by atoms with Crippen LogP contribution < -0.4 is 20.1 Å². The van der Waals surface area contributed by atoms with Gasteiger partial charge in [-0.3, -0.25) is 10.1 Å². The molecule has 0 saturated carbocycles. The van der Waals surface area contributed by atoms with E-state index in [1.54, 1.807) is 18.2 Å². The second kappa shape index (κ2) is 12.5. The number of rotatable bonds is 10. The summed E-state index contributed by atoms with van der Waals surface area (Å²) in [4.78, 5) is 12.8. The number of halogens is 1. The zero-order chi connectivity index (χ0) is 21.9. The van der Waals surface area contributed by atoms with Crippen molar-refractivity contribution in [1.82, 2.24) is 5.32 Å². The van der Waals surface area contributed by atoms with Crippen molar-refractivity contribution in [3.05, 3.63) is 52.5 Å². The van der Waals surface area contributed by atoms with Crippen molar-refractivity contribution in [2.45, 2.75) is 20.8 Å². The van der Waals surface area contributed by atoms with Gasteiger partial charge in [-0.05, 0) is 55.4 Å². The van der Waals surface area contributed by atoms with E-state index in [-0.39, 0.29) is 11.0 Å². The normalized spacial score (nSPS) is 10.6. The van der Waals surface area contributed by atoms with Crippen LogP contribution in [0.3, 0.4) is 0 Å². The Bertz CT molecular complexity index is 861. The molecule has 0 spiro atoms. The van der Waals surface area contributed by atoms with Crippen LogP contribution in [0.25, 0.3) is 0 Å². The van der Waals surface area contributed by atoms with Gasteiger partial charge in [0.15, 0.2) is 5.11 Å². The fourth-order valence-corrected chi connectivity index (χ4v) is 2.99. The molecule has 2 aromatic rings. The summed E-state index contributed by atoms with van der Waals surface area (Å²) in [6.07, 6.45) is 0. The molecule has 0 aliphatic carbocycles. The third kappa shape index (κ3) is 8.30. The van der Waals surface area contributed by atoms with Crippen LogP contribution >= 0.6 is 28.1 Å². The van der Waals surface area contributed by atoms with Crippen LogP contribution in [-0.2, 0) is 4.74 Å². The fraction of sp³-hybridized carbons (Fsp3) is 0.364. The van der Waals surface area contributed by atoms with Crippen LogP contribution in [0.15, 0.2) is 46.9 Å². The van der Waals surface area contributed by atoms with E-state index < -0.39 is 0 Å². The Balaban J connectivity index is 1.98. The van der Waals surface area contributed by atoms with Crippen LogP contribution in [-0.4, -0.2) is 37.4 Å². The quantitative estimate of drug-likeness (QED) is 0.356. The largest absolute Gasteiger partial charge is 0.492 e. The molecule has 0 saturated heterocycles. The average Bonchev–Trinajstić information content (AvgIpc) is 2.70.